The first-order valence-electron chi connectivity index (χ1n) is 14.2. The van der Waals surface area contributed by atoms with Gasteiger partial charge in [0.2, 0.25) is 0 Å². The SMILES string of the molecule is CC(=O)O[C@H]1CC[C@]2(C)C3=CC[C@]4(C)[C@@H]([C@H](C)CC/C=C(\C)C(=O)O)CC[C@@]4(C)C3=CC[C@H]2C1(C)C. The Kier molecular flexibility index (Phi) is 6.93. The monoisotopic (exact) mass is 496 g/mol. The molecular formula is C32H48O4. The first kappa shape index (κ1) is 27.2. The maximum atomic E-state index is 11.8. The standard InChI is InChI=1S/C32H48O4/c1-20(10-9-11-21(2)28(34)35)23-14-18-32(8)25-12-13-26-29(4,5)27(36-22(3)33)16-17-30(26,6)24(25)15-19-31(23,32)7/h11-12,15,20,23,26-27H,9-10,13-14,16-19H2,1-8H3,(H,34,35)/b21-11+/t20-,23-,26+,27+,30-,31-,32+/m1/s1. The van der Waals surface area contributed by atoms with Crippen LogP contribution in [0.4, 0.5) is 0 Å². The van der Waals surface area contributed by atoms with E-state index in [2.05, 4.69) is 53.7 Å². The van der Waals surface area contributed by atoms with Crippen LogP contribution < -0.4 is 0 Å². The van der Waals surface area contributed by atoms with E-state index in [1.54, 1.807) is 18.1 Å². The van der Waals surface area contributed by atoms with Gasteiger partial charge in [-0.1, -0.05) is 59.8 Å². The maximum Gasteiger partial charge on any atom is 0.330 e. The second-order valence-corrected chi connectivity index (χ2v) is 13.7. The van der Waals surface area contributed by atoms with Gasteiger partial charge in [0.1, 0.15) is 6.10 Å². The van der Waals surface area contributed by atoms with Crippen molar-refractivity contribution in [2.45, 2.75) is 113 Å². The van der Waals surface area contributed by atoms with Crippen molar-refractivity contribution in [2.75, 3.05) is 0 Å². The van der Waals surface area contributed by atoms with Gasteiger partial charge in [-0.3, -0.25) is 4.79 Å². The number of aliphatic carboxylic acids is 1. The molecule has 1 N–H and O–H groups in total. The highest BCUT2D eigenvalue weighted by molar-refractivity contribution is 5.85. The Balaban J connectivity index is 1.60. The van der Waals surface area contributed by atoms with Crippen molar-refractivity contribution >= 4 is 11.9 Å². The van der Waals surface area contributed by atoms with Crippen molar-refractivity contribution in [1.29, 1.82) is 0 Å². The zero-order valence-corrected chi connectivity index (χ0v) is 23.9. The summed E-state index contributed by atoms with van der Waals surface area (Å²) in [6.07, 6.45) is 15.6. The molecule has 4 heteroatoms. The van der Waals surface area contributed by atoms with E-state index in [1.807, 2.05) is 6.08 Å². The predicted molar refractivity (Wildman–Crippen MR) is 144 cm³/mol. The van der Waals surface area contributed by atoms with E-state index in [4.69, 9.17) is 4.74 Å². The highest BCUT2D eigenvalue weighted by Crippen LogP contribution is 2.71. The molecule has 200 valence electrons. The van der Waals surface area contributed by atoms with Crippen LogP contribution in [0.15, 0.2) is 34.9 Å². The number of hydrogen-bond acceptors (Lipinski definition) is 3. The minimum absolute atomic E-state index is 0.0106. The van der Waals surface area contributed by atoms with Crippen LogP contribution in [-0.2, 0) is 14.3 Å². The minimum atomic E-state index is -0.811. The second-order valence-electron chi connectivity index (χ2n) is 13.7. The topological polar surface area (TPSA) is 63.6 Å². The minimum Gasteiger partial charge on any atom is -0.478 e. The molecule has 0 aliphatic heterocycles. The van der Waals surface area contributed by atoms with Crippen molar-refractivity contribution in [3.63, 3.8) is 0 Å². The molecule has 0 unspecified atom stereocenters. The van der Waals surface area contributed by atoms with E-state index in [9.17, 15) is 14.7 Å². The molecule has 0 aromatic rings. The van der Waals surface area contributed by atoms with Gasteiger partial charge in [0.15, 0.2) is 0 Å². The Labute approximate surface area is 218 Å². The Morgan fingerprint density at radius 1 is 1.08 bits per heavy atom. The molecule has 0 heterocycles. The highest BCUT2D eigenvalue weighted by Gasteiger charge is 2.63. The zero-order valence-electron chi connectivity index (χ0n) is 23.9. The van der Waals surface area contributed by atoms with Gasteiger partial charge in [0.05, 0.1) is 0 Å². The van der Waals surface area contributed by atoms with E-state index < -0.39 is 5.97 Å². The number of carboxylic acids is 1. The third-order valence-corrected chi connectivity index (χ3v) is 11.6. The Morgan fingerprint density at radius 2 is 1.78 bits per heavy atom. The molecule has 0 radical (unpaired) electrons. The lowest BCUT2D eigenvalue weighted by Gasteiger charge is -2.61. The molecule has 0 amide bonds. The van der Waals surface area contributed by atoms with Gasteiger partial charge >= 0.3 is 11.9 Å². The van der Waals surface area contributed by atoms with Crippen LogP contribution in [0.25, 0.3) is 0 Å². The summed E-state index contributed by atoms with van der Waals surface area (Å²) in [4.78, 5) is 23.0. The third kappa shape index (κ3) is 4.02. The van der Waals surface area contributed by atoms with Gasteiger partial charge in [0.25, 0.3) is 0 Å². The number of carboxylic acid groups (broad SMARTS) is 1. The molecule has 0 saturated heterocycles. The number of hydrogen-bond donors (Lipinski definition) is 1. The zero-order chi connectivity index (χ0) is 26.7. The van der Waals surface area contributed by atoms with Crippen molar-refractivity contribution < 1.29 is 19.4 Å². The molecule has 7 atom stereocenters. The molecule has 4 aliphatic carbocycles. The van der Waals surface area contributed by atoms with E-state index in [-0.39, 0.29) is 33.7 Å². The molecule has 4 aliphatic rings. The van der Waals surface area contributed by atoms with Crippen LogP contribution in [0.5, 0.6) is 0 Å². The van der Waals surface area contributed by atoms with Crippen LogP contribution in [0, 0.1) is 39.4 Å². The smallest absolute Gasteiger partial charge is 0.330 e. The number of carbonyl (C=O) groups is 2. The largest absolute Gasteiger partial charge is 0.478 e. The predicted octanol–water partition coefficient (Wildman–Crippen LogP) is 7.89. The van der Waals surface area contributed by atoms with Gasteiger partial charge in [0, 0.05) is 17.9 Å². The number of fused-ring (bicyclic) bond motifs is 5. The van der Waals surface area contributed by atoms with Crippen molar-refractivity contribution in [3.05, 3.63) is 34.9 Å². The van der Waals surface area contributed by atoms with E-state index in [0.717, 1.165) is 38.5 Å². The fraction of sp³-hybridized carbons (Fsp3) is 0.750. The second kappa shape index (κ2) is 9.17. The molecule has 0 bridgehead atoms. The molecule has 4 nitrogen and oxygen atoms in total. The van der Waals surface area contributed by atoms with Gasteiger partial charge in [-0.25, -0.2) is 4.79 Å². The lowest BCUT2D eigenvalue weighted by atomic mass is 9.44. The number of ether oxygens (including phenoxy) is 1. The first-order chi connectivity index (χ1) is 16.7. The summed E-state index contributed by atoms with van der Waals surface area (Å²) in [5.74, 6) is 0.695. The average molecular weight is 497 g/mol. The lowest BCUT2D eigenvalue weighted by Crippen LogP contribution is -2.55. The summed E-state index contributed by atoms with van der Waals surface area (Å²) < 4.78 is 5.83. The molecular weight excluding hydrogens is 448 g/mol. The van der Waals surface area contributed by atoms with E-state index >= 15 is 0 Å². The van der Waals surface area contributed by atoms with Gasteiger partial charge in [-0.2, -0.15) is 0 Å². The van der Waals surface area contributed by atoms with Crippen LogP contribution in [0.2, 0.25) is 0 Å². The number of allylic oxidation sites excluding steroid dienone is 5. The molecule has 0 aromatic carbocycles. The van der Waals surface area contributed by atoms with Crippen LogP contribution in [0.3, 0.4) is 0 Å². The van der Waals surface area contributed by atoms with Crippen molar-refractivity contribution in [3.8, 4) is 0 Å². The first-order valence-corrected chi connectivity index (χ1v) is 14.2. The molecule has 2 saturated carbocycles. The molecule has 0 aromatic heterocycles. The summed E-state index contributed by atoms with van der Waals surface area (Å²) in [6, 6.07) is 0. The van der Waals surface area contributed by atoms with E-state index in [0.29, 0.717) is 23.3 Å². The maximum absolute atomic E-state index is 11.8. The molecule has 2 fully saturated rings. The summed E-state index contributed by atoms with van der Waals surface area (Å²) in [5, 5.41) is 9.18. The van der Waals surface area contributed by atoms with Crippen molar-refractivity contribution in [2.24, 2.45) is 39.4 Å². The van der Waals surface area contributed by atoms with Crippen LogP contribution in [0.1, 0.15) is 107 Å². The summed E-state index contributed by atoms with van der Waals surface area (Å²) >= 11 is 0. The number of carbonyl (C=O) groups excluding carboxylic acids is 1. The number of rotatable bonds is 6. The molecule has 36 heavy (non-hydrogen) atoms. The summed E-state index contributed by atoms with van der Waals surface area (Å²) in [5.41, 5.74) is 4.11. The third-order valence-electron chi connectivity index (χ3n) is 11.6. The van der Waals surface area contributed by atoms with Gasteiger partial charge in [-0.05, 0) is 103 Å². The van der Waals surface area contributed by atoms with Gasteiger partial charge in [-0.15, -0.1) is 0 Å². The fourth-order valence-electron chi connectivity index (χ4n) is 9.19. The van der Waals surface area contributed by atoms with Gasteiger partial charge < -0.3 is 9.84 Å². The Hall–Kier alpha value is -1.84. The highest BCUT2D eigenvalue weighted by atomic mass is 16.5. The fourth-order valence-corrected chi connectivity index (χ4v) is 9.19. The quantitative estimate of drug-likeness (QED) is 0.300. The molecule has 0 spiro atoms. The molecule has 4 rings (SSSR count). The van der Waals surface area contributed by atoms with Crippen LogP contribution >= 0.6 is 0 Å². The van der Waals surface area contributed by atoms with Crippen molar-refractivity contribution in [1.82, 2.24) is 0 Å². The number of esters is 1. The Morgan fingerprint density at radius 3 is 2.42 bits per heavy atom. The van der Waals surface area contributed by atoms with E-state index in [1.165, 1.54) is 19.8 Å². The summed E-state index contributed by atoms with van der Waals surface area (Å²) in [7, 11) is 0. The summed E-state index contributed by atoms with van der Waals surface area (Å²) in [6.45, 7) is 17.8. The average Bonchev–Trinajstić information content (AvgIpc) is 3.07. The van der Waals surface area contributed by atoms with Crippen LogP contribution in [-0.4, -0.2) is 23.1 Å². The lowest BCUT2D eigenvalue weighted by molar-refractivity contribution is -0.165. The normalized spacial score (nSPS) is 40.2. The Bertz CT molecular complexity index is 1020.